The molecule has 2 heterocycles. The number of nitrogens with one attached hydrogen (secondary N) is 2. The Morgan fingerprint density at radius 2 is 2.27 bits per heavy atom. The quantitative estimate of drug-likeness (QED) is 0.506. The molecule has 0 fully saturated rings. The van der Waals surface area contributed by atoms with Crippen LogP contribution in [-0.2, 0) is 0 Å². The summed E-state index contributed by atoms with van der Waals surface area (Å²) >= 11 is 0. The number of aromatic amines is 1. The number of nitrogens with zero attached hydrogens (tertiary/aromatic N) is 2. The Morgan fingerprint density at radius 1 is 1.40 bits per heavy atom. The minimum atomic E-state index is -0.145. The summed E-state index contributed by atoms with van der Waals surface area (Å²) in [5, 5.41) is 0. The van der Waals surface area contributed by atoms with Crippen molar-refractivity contribution in [1.82, 2.24) is 20.4 Å². The van der Waals surface area contributed by atoms with Crippen molar-refractivity contribution < 1.29 is 0 Å². The Kier molecular flexibility index (Phi) is 2.75. The number of H-pyrrole nitrogens is 1. The maximum Gasteiger partial charge on any atom is 0.129 e. The molecule has 0 radical (unpaired) electrons. The van der Waals surface area contributed by atoms with Gasteiger partial charge < -0.3 is 4.98 Å². The number of hydrogen-bond acceptors (Lipinski definition) is 4. The van der Waals surface area contributed by atoms with Gasteiger partial charge in [0, 0.05) is 24.3 Å². The fourth-order valence-corrected chi connectivity index (χ4v) is 1.42. The van der Waals surface area contributed by atoms with E-state index in [0.29, 0.717) is 0 Å². The average Bonchev–Trinajstić information content (AvgIpc) is 2.75. The van der Waals surface area contributed by atoms with E-state index in [9.17, 15) is 0 Å². The lowest BCUT2D eigenvalue weighted by Gasteiger charge is -2.13. The fraction of sp³-hybridized carbons (Fsp3) is 0.200. The van der Waals surface area contributed by atoms with Crippen LogP contribution in [0.25, 0.3) is 0 Å². The molecule has 0 aromatic carbocycles. The van der Waals surface area contributed by atoms with E-state index in [1.807, 2.05) is 19.1 Å². The van der Waals surface area contributed by atoms with Crippen molar-refractivity contribution in [3.05, 3.63) is 47.8 Å². The molecule has 0 amide bonds. The van der Waals surface area contributed by atoms with Crippen molar-refractivity contribution in [3.8, 4) is 0 Å². The molecule has 0 aliphatic heterocycles. The van der Waals surface area contributed by atoms with Crippen LogP contribution in [0.4, 0.5) is 0 Å². The van der Waals surface area contributed by atoms with Gasteiger partial charge in [-0.15, -0.1) is 0 Å². The van der Waals surface area contributed by atoms with E-state index in [4.69, 9.17) is 5.84 Å². The fourth-order valence-electron chi connectivity index (χ4n) is 1.42. The highest BCUT2D eigenvalue weighted by Gasteiger charge is 2.14. The first-order chi connectivity index (χ1) is 7.31. The third-order valence-corrected chi connectivity index (χ3v) is 2.23. The van der Waals surface area contributed by atoms with Gasteiger partial charge in [0.15, 0.2) is 0 Å². The van der Waals surface area contributed by atoms with Crippen LogP contribution in [0.5, 0.6) is 0 Å². The second-order valence-electron chi connectivity index (χ2n) is 3.31. The molecule has 1 unspecified atom stereocenters. The lowest BCUT2D eigenvalue weighted by Crippen LogP contribution is -2.29. The summed E-state index contributed by atoms with van der Waals surface area (Å²) in [5.41, 5.74) is 4.67. The largest absolute Gasteiger partial charge is 0.347 e. The average molecular weight is 203 g/mol. The second-order valence-corrected chi connectivity index (χ2v) is 3.31. The van der Waals surface area contributed by atoms with E-state index in [2.05, 4.69) is 20.4 Å². The molecule has 2 aromatic heterocycles. The molecule has 4 N–H and O–H groups in total. The van der Waals surface area contributed by atoms with Gasteiger partial charge in [0.2, 0.25) is 0 Å². The van der Waals surface area contributed by atoms with E-state index in [1.54, 1.807) is 18.6 Å². The summed E-state index contributed by atoms with van der Waals surface area (Å²) in [7, 11) is 0. The van der Waals surface area contributed by atoms with E-state index >= 15 is 0 Å². The summed E-state index contributed by atoms with van der Waals surface area (Å²) in [6.07, 6.45) is 5.25. The number of hydrogen-bond donors (Lipinski definition) is 3. The van der Waals surface area contributed by atoms with Crippen LogP contribution in [-0.4, -0.2) is 15.0 Å². The Labute approximate surface area is 87.7 Å². The number of hydrazine groups is 1. The van der Waals surface area contributed by atoms with E-state index < -0.39 is 0 Å². The van der Waals surface area contributed by atoms with Crippen molar-refractivity contribution in [2.24, 2.45) is 5.84 Å². The molecular weight excluding hydrogens is 190 g/mol. The van der Waals surface area contributed by atoms with Crippen molar-refractivity contribution in [1.29, 1.82) is 0 Å². The van der Waals surface area contributed by atoms with Gasteiger partial charge in [0.05, 0.1) is 0 Å². The summed E-state index contributed by atoms with van der Waals surface area (Å²) in [6, 6.07) is 3.78. The van der Waals surface area contributed by atoms with Crippen molar-refractivity contribution in [2.45, 2.75) is 13.0 Å². The molecule has 0 aliphatic rings. The first-order valence-electron chi connectivity index (χ1n) is 4.69. The molecule has 0 aliphatic carbocycles. The van der Waals surface area contributed by atoms with Gasteiger partial charge in [-0.05, 0) is 18.6 Å². The van der Waals surface area contributed by atoms with Gasteiger partial charge in [0.25, 0.3) is 0 Å². The second kappa shape index (κ2) is 4.20. The summed E-state index contributed by atoms with van der Waals surface area (Å²) in [6.45, 7) is 1.95. The highest BCUT2D eigenvalue weighted by atomic mass is 15.2. The maximum absolute atomic E-state index is 5.50. The minimum absolute atomic E-state index is 0.145. The van der Waals surface area contributed by atoms with Crippen LogP contribution in [0.2, 0.25) is 0 Å². The normalized spacial score (nSPS) is 12.7. The summed E-state index contributed by atoms with van der Waals surface area (Å²) in [5.74, 6) is 6.28. The van der Waals surface area contributed by atoms with Crippen LogP contribution in [0, 0.1) is 6.92 Å². The Hall–Kier alpha value is -1.72. The van der Waals surface area contributed by atoms with Gasteiger partial charge in [-0.1, -0.05) is 6.07 Å². The van der Waals surface area contributed by atoms with Gasteiger partial charge in [0.1, 0.15) is 11.9 Å². The van der Waals surface area contributed by atoms with Crippen LogP contribution in [0.3, 0.4) is 0 Å². The number of rotatable bonds is 3. The van der Waals surface area contributed by atoms with Crippen LogP contribution < -0.4 is 11.3 Å². The predicted molar refractivity (Wildman–Crippen MR) is 56.7 cm³/mol. The number of nitrogens with two attached hydrogens (primary N) is 1. The zero-order chi connectivity index (χ0) is 10.7. The lowest BCUT2D eigenvalue weighted by atomic mass is 10.1. The molecule has 2 aromatic rings. The Bertz CT molecular complexity index is 406. The van der Waals surface area contributed by atoms with Crippen LogP contribution in [0.15, 0.2) is 30.7 Å². The maximum atomic E-state index is 5.50. The van der Waals surface area contributed by atoms with Crippen LogP contribution in [0.1, 0.15) is 23.1 Å². The molecule has 0 saturated heterocycles. The van der Waals surface area contributed by atoms with Crippen molar-refractivity contribution >= 4 is 0 Å². The highest BCUT2D eigenvalue weighted by molar-refractivity contribution is 5.22. The smallest absolute Gasteiger partial charge is 0.129 e. The molecule has 5 nitrogen and oxygen atoms in total. The van der Waals surface area contributed by atoms with Crippen molar-refractivity contribution in [2.75, 3.05) is 0 Å². The zero-order valence-electron chi connectivity index (χ0n) is 8.44. The molecular formula is C10H13N5. The first-order valence-corrected chi connectivity index (χ1v) is 4.69. The third kappa shape index (κ3) is 2.03. The first kappa shape index (κ1) is 9.82. The van der Waals surface area contributed by atoms with Gasteiger partial charge in [-0.25, -0.2) is 10.4 Å². The number of aromatic nitrogens is 3. The Morgan fingerprint density at radius 3 is 2.80 bits per heavy atom. The summed E-state index contributed by atoms with van der Waals surface area (Å²) in [4.78, 5) is 11.4. The van der Waals surface area contributed by atoms with E-state index in [0.717, 1.165) is 17.1 Å². The van der Waals surface area contributed by atoms with Crippen LogP contribution >= 0.6 is 0 Å². The monoisotopic (exact) mass is 203 g/mol. The zero-order valence-corrected chi connectivity index (χ0v) is 8.44. The number of imidazole rings is 1. The van der Waals surface area contributed by atoms with Gasteiger partial charge in [-0.2, -0.15) is 0 Å². The predicted octanol–water partition coefficient (Wildman–Crippen LogP) is 0.666. The molecule has 0 spiro atoms. The molecule has 78 valence electrons. The third-order valence-electron chi connectivity index (χ3n) is 2.23. The lowest BCUT2D eigenvalue weighted by molar-refractivity contribution is 0.605. The standard InChI is InChI=1S/C10H13N5/c1-7-2-3-8(6-14-7)9(15-11)10-12-4-5-13-10/h2-6,9,15H,11H2,1H3,(H,12,13). The molecule has 15 heavy (non-hydrogen) atoms. The van der Waals surface area contributed by atoms with E-state index in [1.165, 1.54) is 0 Å². The van der Waals surface area contributed by atoms with E-state index in [-0.39, 0.29) is 6.04 Å². The van der Waals surface area contributed by atoms with Crippen molar-refractivity contribution in [3.63, 3.8) is 0 Å². The minimum Gasteiger partial charge on any atom is -0.347 e. The molecule has 0 bridgehead atoms. The highest BCUT2D eigenvalue weighted by Crippen LogP contribution is 2.16. The van der Waals surface area contributed by atoms with Gasteiger partial charge >= 0.3 is 0 Å². The number of pyridine rings is 1. The summed E-state index contributed by atoms with van der Waals surface area (Å²) < 4.78 is 0. The number of aryl methyl sites for hydroxylation is 1. The van der Waals surface area contributed by atoms with Gasteiger partial charge in [-0.3, -0.25) is 10.8 Å². The Balaban J connectivity index is 2.31. The molecule has 5 heteroatoms. The SMILES string of the molecule is Cc1ccc(C(NN)c2ncc[nH]2)cn1. The topological polar surface area (TPSA) is 79.6 Å². The molecule has 2 rings (SSSR count). The molecule has 0 saturated carbocycles. The molecule has 1 atom stereocenters.